The fourth-order valence-electron chi connectivity index (χ4n) is 1.86. The summed E-state index contributed by atoms with van der Waals surface area (Å²) < 4.78 is 5.46. The SMILES string of the molecule is CCOc1c(Cl)cccc1CC(=O)NCCCCC(=O)O. The lowest BCUT2D eigenvalue weighted by atomic mass is 10.1. The van der Waals surface area contributed by atoms with E-state index in [0.29, 0.717) is 36.8 Å². The molecule has 6 heteroatoms. The first-order chi connectivity index (χ1) is 10.0. The molecule has 0 radical (unpaired) electrons. The summed E-state index contributed by atoms with van der Waals surface area (Å²) in [6, 6.07) is 5.31. The van der Waals surface area contributed by atoms with E-state index < -0.39 is 5.97 Å². The molecule has 1 amide bonds. The smallest absolute Gasteiger partial charge is 0.303 e. The molecule has 0 saturated carbocycles. The van der Waals surface area contributed by atoms with Crippen molar-refractivity contribution in [1.29, 1.82) is 0 Å². The van der Waals surface area contributed by atoms with Crippen LogP contribution >= 0.6 is 11.6 Å². The minimum atomic E-state index is -0.818. The largest absolute Gasteiger partial charge is 0.492 e. The third kappa shape index (κ3) is 6.49. The molecule has 5 nitrogen and oxygen atoms in total. The van der Waals surface area contributed by atoms with Crippen LogP contribution in [0.15, 0.2) is 18.2 Å². The average Bonchev–Trinajstić information content (AvgIpc) is 2.42. The summed E-state index contributed by atoms with van der Waals surface area (Å²) in [6.07, 6.45) is 1.51. The van der Waals surface area contributed by atoms with E-state index in [2.05, 4.69) is 5.32 Å². The van der Waals surface area contributed by atoms with Crippen molar-refractivity contribution in [2.45, 2.75) is 32.6 Å². The van der Waals surface area contributed by atoms with Gasteiger partial charge in [-0.1, -0.05) is 23.7 Å². The Morgan fingerprint density at radius 1 is 1.33 bits per heavy atom. The second-order valence-corrected chi connectivity index (χ2v) is 4.95. The molecule has 0 bridgehead atoms. The average molecular weight is 314 g/mol. The highest BCUT2D eigenvalue weighted by molar-refractivity contribution is 6.32. The summed E-state index contributed by atoms with van der Waals surface area (Å²) >= 11 is 6.05. The molecule has 0 aliphatic rings. The van der Waals surface area contributed by atoms with Crippen molar-refractivity contribution in [3.63, 3.8) is 0 Å². The van der Waals surface area contributed by atoms with Crippen molar-refractivity contribution in [1.82, 2.24) is 5.32 Å². The van der Waals surface area contributed by atoms with Crippen LogP contribution in [0, 0.1) is 0 Å². The predicted molar refractivity (Wildman–Crippen MR) is 80.8 cm³/mol. The zero-order chi connectivity index (χ0) is 15.7. The molecule has 0 saturated heterocycles. The maximum Gasteiger partial charge on any atom is 0.303 e. The summed E-state index contributed by atoms with van der Waals surface area (Å²) in [5, 5.41) is 11.8. The van der Waals surface area contributed by atoms with Crippen LogP contribution in [0.2, 0.25) is 5.02 Å². The molecule has 1 rings (SSSR count). The van der Waals surface area contributed by atoms with E-state index in [1.165, 1.54) is 0 Å². The van der Waals surface area contributed by atoms with Gasteiger partial charge in [0.05, 0.1) is 18.1 Å². The Hall–Kier alpha value is -1.75. The molecule has 0 aromatic heterocycles. The predicted octanol–water partition coefficient (Wildman–Crippen LogP) is 2.65. The van der Waals surface area contributed by atoms with Crippen LogP contribution in [-0.4, -0.2) is 30.1 Å². The summed E-state index contributed by atoms with van der Waals surface area (Å²) in [5.41, 5.74) is 0.743. The fraction of sp³-hybridized carbons (Fsp3) is 0.467. The molecule has 116 valence electrons. The number of carboxylic acids is 1. The lowest BCUT2D eigenvalue weighted by Crippen LogP contribution is -2.26. The lowest BCUT2D eigenvalue weighted by Gasteiger charge is -2.12. The van der Waals surface area contributed by atoms with E-state index in [1.807, 2.05) is 6.92 Å². The van der Waals surface area contributed by atoms with Gasteiger partial charge in [-0.2, -0.15) is 0 Å². The van der Waals surface area contributed by atoms with Crippen molar-refractivity contribution < 1.29 is 19.4 Å². The molecule has 1 aromatic carbocycles. The Morgan fingerprint density at radius 2 is 2.10 bits per heavy atom. The van der Waals surface area contributed by atoms with Crippen molar-refractivity contribution in [2.75, 3.05) is 13.2 Å². The third-order valence-corrected chi connectivity index (χ3v) is 3.13. The Bertz CT molecular complexity index is 491. The molecule has 21 heavy (non-hydrogen) atoms. The number of benzene rings is 1. The molecule has 0 heterocycles. The molecule has 1 aromatic rings. The van der Waals surface area contributed by atoms with Gasteiger partial charge in [0.2, 0.25) is 5.91 Å². The van der Waals surface area contributed by atoms with E-state index >= 15 is 0 Å². The van der Waals surface area contributed by atoms with Gasteiger partial charge < -0.3 is 15.2 Å². The van der Waals surface area contributed by atoms with Gasteiger partial charge in [-0.05, 0) is 25.8 Å². The Morgan fingerprint density at radius 3 is 2.76 bits per heavy atom. The zero-order valence-corrected chi connectivity index (χ0v) is 12.8. The number of nitrogens with one attached hydrogen (secondary N) is 1. The van der Waals surface area contributed by atoms with Crippen LogP contribution in [0.25, 0.3) is 0 Å². The van der Waals surface area contributed by atoms with Crippen molar-refractivity contribution in [2.24, 2.45) is 0 Å². The minimum Gasteiger partial charge on any atom is -0.492 e. The number of aliphatic carboxylic acids is 1. The molecule has 0 aliphatic heterocycles. The van der Waals surface area contributed by atoms with Gasteiger partial charge in [-0.15, -0.1) is 0 Å². The van der Waals surface area contributed by atoms with Crippen molar-refractivity contribution >= 4 is 23.5 Å². The maximum atomic E-state index is 11.9. The second-order valence-electron chi connectivity index (χ2n) is 4.54. The molecule has 0 spiro atoms. The number of rotatable bonds is 9. The molecule has 0 fully saturated rings. The summed E-state index contributed by atoms with van der Waals surface area (Å²) in [7, 11) is 0. The van der Waals surface area contributed by atoms with Crippen LogP contribution < -0.4 is 10.1 Å². The number of para-hydroxylation sites is 1. The molecular weight excluding hydrogens is 294 g/mol. The summed E-state index contributed by atoms with van der Waals surface area (Å²) in [6.45, 7) is 2.81. The normalized spacial score (nSPS) is 10.2. The number of carbonyl (C=O) groups excluding carboxylic acids is 1. The monoisotopic (exact) mass is 313 g/mol. The Labute approximate surface area is 129 Å². The van der Waals surface area contributed by atoms with Crippen LogP contribution in [0.4, 0.5) is 0 Å². The Balaban J connectivity index is 2.44. The van der Waals surface area contributed by atoms with Crippen molar-refractivity contribution in [3.05, 3.63) is 28.8 Å². The highest BCUT2D eigenvalue weighted by atomic mass is 35.5. The first kappa shape index (κ1) is 17.3. The first-order valence-corrected chi connectivity index (χ1v) is 7.31. The fourth-order valence-corrected chi connectivity index (χ4v) is 2.11. The number of amides is 1. The summed E-state index contributed by atoms with van der Waals surface area (Å²) in [4.78, 5) is 22.2. The molecular formula is C15H20ClNO4. The lowest BCUT2D eigenvalue weighted by molar-refractivity contribution is -0.137. The quantitative estimate of drug-likeness (QED) is 0.687. The highest BCUT2D eigenvalue weighted by Gasteiger charge is 2.11. The number of carboxylic acid groups (broad SMARTS) is 1. The molecule has 2 N–H and O–H groups in total. The van der Waals surface area contributed by atoms with E-state index in [4.69, 9.17) is 21.4 Å². The molecule has 0 unspecified atom stereocenters. The second kappa shape index (κ2) is 9.23. The zero-order valence-electron chi connectivity index (χ0n) is 12.0. The van der Waals surface area contributed by atoms with E-state index in [1.54, 1.807) is 18.2 Å². The Kier molecular flexibility index (Phi) is 7.61. The van der Waals surface area contributed by atoms with Crippen LogP contribution in [0.1, 0.15) is 31.7 Å². The molecule has 0 atom stereocenters. The van der Waals surface area contributed by atoms with Gasteiger partial charge in [-0.25, -0.2) is 0 Å². The maximum absolute atomic E-state index is 11.9. The number of carbonyl (C=O) groups is 2. The third-order valence-electron chi connectivity index (χ3n) is 2.83. The van der Waals surface area contributed by atoms with E-state index in [0.717, 1.165) is 5.56 Å². The van der Waals surface area contributed by atoms with E-state index in [9.17, 15) is 9.59 Å². The van der Waals surface area contributed by atoms with Crippen LogP contribution in [0.3, 0.4) is 0 Å². The van der Waals surface area contributed by atoms with Gasteiger partial charge in [0.25, 0.3) is 0 Å². The number of hydrogen-bond donors (Lipinski definition) is 2. The topological polar surface area (TPSA) is 75.6 Å². The number of halogens is 1. The number of ether oxygens (including phenoxy) is 1. The minimum absolute atomic E-state index is 0.124. The number of hydrogen-bond acceptors (Lipinski definition) is 3. The van der Waals surface area contributed by atoms with Gasteiger partial charge >= 0.3 is 5.97 Å². The van der Waals surface area contributed by atoms with E-state index in [-0.39, 0.29) is 18.7 Å². The molecule has 0 aliphatic carbocycles. The van der Waals surface area contributed by atoms with Gasteiger partial charge in [-0.3, -0.25) is 9.59 Å². The first-order valence-electron chi connectivity index (χ1n) is 6.93. The summed E-state index contributed by atoms with van der Waals surface area (Å²) in [5.74, 6) is -0.405. The van der Waals surface area contributed by atoms with Gasteiger partial charge in [0.1, 0.15) is 5.75 Å². The number of unbranched alkanes of at least 4 members (excludes halogenated alkanes) is 1. The van der Waals surface area contributed by atoms with Gasteiger partial charge in [0.15, 0.2) is 0 Å². The van der Waals surface area contributed by atoms with Crippen LogP contribution in [0.5, 0.6) is 5.75 Å². The van der Waals surface area contributed by atoms with Crippen LogP contribution in [-0.2, 0) is 16.0 Å². The van der Waals surface area contributed by atoms with Crippen molar-refractivity contribution in [3.8, 4) is 5.75 Å². The highest BCUT2D eigenvalue weighted by Crippen LogP contribution is 2.28. The standard InChI is InChI=1S/C15H20ClNO4/c1-2-21-15-11(6-5-7-12(15)16)10-13(18)17-9-4-3-8-14(19)20/h5-7H,2-4,8-10H2,1H3,(H,17,18)(H,19,20). The van der Waals surface area contributed by atoms with Gasteiger partial charge in [0, 0.05) is 18.5 Å².